The average molecular weight is 869 g/mol. The summed E-state index contributed by atoms with van der Waals surface area (Å²) in [4.78, 5) is 0. The molecule has 0 bridgehead atoms. The largest absolute Gasteiger partial charge is 0.392 e. The van der Waals surface area contributed by atoms with Gasteiger partial charge in [0.2, 0.25) is 0 Å². The summed E-state index contributed by atoms with van der Waals surface area (Å²) in [5.41, 5.74) is 22.1. The highest BCUT2D eigenvalue weighted by molar-refractivity contribution is 7.53. The molecule has 0 spiro atoms. The highest BCUT2D eigenvalue weighted by Crippen LogP contribution is 2.52. The highest BCUT2D eigenvalue weighted by Gasteiger charge is 2.26. The summed E-state index contributed by atoms with van der Waals surface area (Å²) >= 11 is 0. The van der Waals surface area contributed by atoms with E-state index in [9.17, 15) is 9.67 Å². The number of hydrogen-bond acceptors (Lipinski definition) is 6. The molecule has 0 heterocycles. The van der Waals surface area contributed by atoms with Crippen molar-refractivity contribution in [2.45, 2.75) is 156 Å². The lowest BCUT2D eigenvalue weighted by Gasteiger charge is -2.20. The molecular formula is C55H81O6P. The van der Waals surface area contributed by atoms with Crippen LogP contribution in [0.4, 0.5) is 0 Å². The standard InChI is InChI=1S/C18H29O3P.2C14H20O.C9H12O/c1-7-20-22(19,21-8-2)13-17-11-10-15(5)16(6)18(17)12-9-14(3)4;1-10(2)5-8-14-12(4)11(3)6-7-13(14)9-15;1-10(2)5-6-14-8-13(9-15)7-11(3)12(14)4;1-7-3-4-9(6-10)5-8(7)2/h9-11H,7-8,12-13H2,1-6H3;5-7,15H,8-9H2,1-4H3;5,7-8,15H,6,9H2,1-4H3;3-5,10H,6H2,1-2H3. The number of aliphatic hydroxyl groups excluding tert-OH is 3. The van der Waals surface area contributed by atoms with E-state index >= 15 is 0 Å². The van der Waals surface area contributed by atoms with Gasteiger partial charge >= 0.3 is 7.60 Å². The van der Waals surface area contributed by atoms with E-state index < -0.39 is 7.60 Å². The number of allylic oxidation sites excluding steroid dienone is 6. The normalized spacial score (nSPS) is 10.6. The summed E-state index contributed by atoms with van der Waals surface area (Å²) < 4.78 is 23.7. The zero-order valence-corrected chi connectivity index (χ0v) is 42.2. The van der Waals surface area contributed by atoms with E-state index in [4.69, 9.17) is 19.3 Å². The predicted octanol–water partition coefficient (Wildman–Crippen LogP) is 14.0. The number of aryl methyl sites for hydroxylation is 5. The van der Waals surface area contributed by atoms with Crippen molar-refractivity contribution >= 4 is 7.60 Å². The first kappa shape index (κ1) is 56.1. The summed E-state index contributed by atoms with van der Waals surface area (Å²) in [6.45, 7) is 34.3. The third-order valence-electron chi connectivity index (χ3n) is 11.0. The Bertz CT molecular complexity index is 2130. The molecule has 0 unspecified atom stereocenters. The van der Waals surface area contributed by atoms with Crippen LogP contribution in [0, 0.1) is 55.4 Å². The minimum absolute atomic E-state index is 0.128. The molecule has 0 radical (unpaired) electrons. The molecule has 6 nitrogen and oxygen atoms in total. The number of rotatable bonds is 15. The molecule has 0 aliphatic rings. The molecule has 0 aliphatic carbocycles. The molecule has 0 amide bonds. The molecule has 0 saturated heterocycles. The number of aliphatic hydroxyl groups is 3. The molecule has 0 saturated carbocycles. The van der Waals surface area contributed by atoms with Crippen LogP contribution < -0.4 is 0 Å². The molecular weight excluding hydrogens is 788 g/mol. The van der Waals surface area contributed by atoms with Crippen LogP contribution >= 0.6 is 7.60 Å². The van der Waals surface area contributed by atoms with Crippen LogP contribution in [0.2, 0.25) is 0 Å². The Morgan fingerprint density at radius 1 is 0.484 bits per heavy atom. The van der Waals surface area contributed by atoms with Crippen LogP contribution in [0.15, 0.2) is 89.5 Å². The van der Waals surface area contributed by atoms with E-state index in [-0.39, 0.29) is 19.8 Å². The van der Waals surface area contributed by atoms with E-state index in [1.54, 1.807) is 0 Å². The van der Waals surface area contributed by atoms with E-state index in [1.165, 1.54) is 77.9 Å². The van der Waals surface area contributed by atoms with Crippen molar-refractivity contribution in [3.63, 3.8) is 0 Å². The average Bonchev–Trinajstić information content (AvgIpc) is 3.21. The molecule has 0 fully saturated rings. The van der Waals surface area contributed by atoms with Crippen LogP contribution in [0.5, 0.6) is 0 Å². The summed E-state index contributed by atoms with van der Waals surface area (Å²) in [6.07, 6.45) is 9.71. The monoisotopic (exact) mass is 869 g/mol. The summed E-state index contributed by atoms with van der Waals surface area (Å²) in [5, 5.41) is 27.2. The van der Waals surface area contributed by atoms with Gasteiger partial charge in [0.05, 0.1) is 39.2 Å². The van der Waals surface area contributed by atoms with Gasteiger partial charge in [-0.2, -0.15) is 0 Å². The fourth-order valence-corrected chi connectivity index (χ4v) is 8.36. The predicted molar refractivity (Wildman–Crippen MR) is 265 cm³/mol. The van der Waals surface area contributed by atoms with Crippen molar-refractivity contribution in [1.82, 2.24) is 0 Å². The van der Waals surface area contributed by atoms with E-state index in [0.717, 1.165) is 41.5 Å². The summed E-state index contributed by atoms with van der Waals surface area (Å²) in [7, 11) is -3.07. The van der Waals surface area contributed by atoms with Gasteiger partial charge in [0.15, 0.2) is 0 Å². The quantitative estimate of drug-likeness (QED) is 0.0813. The van der Waals surface area contributed by atoms with E-state index in [2.05, 4.69) is 145 Å². The van der Waals surface area contributed by atoms with Gasteiger partial charge in [-0.3, -0.25) is 4.57 Å². The number of benzene rings is 4. The molecule has 0 aliphatic heterocycles. The van der Waals surface area contributed by atoms with Crippen molar-refractivity contribution in [2.24, 2.45) is 0 Å². The van der Waals surface area contributed by atoms with Crippen LogP contribution in [-0.2, 0) is 58.9 Å². The molecule has 4 aromatic rings. The first-order chi connectivity index (χ1) is 29.2. The topological polar surface area (TPSA) is 96.2 Å². The van der Waals surface area contributed by atoms with Gasteiger partial charge < -0.3 is 24.4 Å². The Hall–Kier alpha value is -3.87. The third-order valence-corrected chi connectivity index (χ3v) is 13.1. The fourth-order valence-electron chi connectivity index (χ4n) is 6.60. The Morgan fingerprint density at radius 2 is 0.919 bits per heavy atom. The first-order valence-corrected chi connectivity index (χ1v) is 23.8. The Labute approximate surface area is 377 Å². The van der Waals surface area contributed by atoms with Crippen molar-refractivity contribution in [1.29, 1.82) is 0 Å². The molecule has 4 rings (SSSR count). The van der Waals surface area contributed by atoms with Gasteiger partial charge in [0, 0.05) is 0 Å². The van der Waals surface area contributed by atoms with Crippen molar-refractivity contribution in [3.8, 4) is 0 Å². The van der Waals surface area contributed by atoms with Gasteiger partial charge in [0.1, 0.15) is 0 Å². The van der Waals surface area contributed by atoms with Crippen LogP contribution in [0.3, 0.4) is 0 Å². The first-order valence-electron chi connectivity index (χ1n) is 22.1. The number of hydrogen-bond donors (Lipinski definition) is 3. The maximum Gasteiger partial charge on any atom is 0.335 e. The maximum atomic E-state index is 12.8. The second kappa shape index (κ2) is 28.7. The molecule has 0 aromatic heterocycles. The zero-order valence-electron chi connectivity index (χ0n) is 41.3. The van der Waals surface area contributed by atoms with Crippen LogP contribution in [0.1, 0.15) is 139 Å². The Morgan fingerprint density at radius 3 is 1.35 bits per heavy atom. The van der Waals surface area contributed by atoms with Gasteiger partial charge in [-0.25, -0.2) is 0 Å². The van der Waals surface area contributed by atoms with Crippen molar-refractivity contribution in [3.05, 3.63) is 173 Å². The molecule has 7 heteroatoms. The van der Waals surface area contributed by atoms with Gasteiger partial charge in [-0.15, -0.1) is 0 Å². The SMILES string of the molecule is CC(C)=CCc1c(CO)ccc(C)c1C.CC(C)=CCc1cc(CO)cc(C)c1C.CCOP(=O)(Cc1ccc(C)c(C)c1CC=C(C)C)OCC.Cc1ccc(CO)cc1C. The molecule has 4 aromatic carbocycles. The molecule has 342 valence electrons. The zero-order chi connectivity index (χ0) is 47.2. The Kier molecular flexibility index (Phi) is 26.0. The highest BCUT2D eigenvalue weighted by atomic mass is 31.2. The van der Waals surface area contributed by atoms with Gasteiger partial charge in [-0.05, 0) is 213 Å². The van der Waals surface area contributed by atoms with Gasteiger partial charge in [-0.1, -0.05) is 89.5 Å². The minimum atomic E-state index is -3.07. The Balaban J connectivity index is 0.000000428. The van der Waals surface area contributed by atoms with Crippen LogP contribution in [0.25, 0.3) is 0 Å². The molecule has 0 atom stereocenters. The molecule has 3 N–H and O–H groups in total. The van der Waals surface area contributed by atoms with Crippen molar-refractivity contribution in [2.75, 3.05) is 13.2 Å². The fraction of sp³-hybridized carbons (Fsp3) is 0.455. The minimum Gasteiger partial charge on any atom is -0.392 e. The third kappa shape index (κ3) is 19.7. The second-order valence-electron chi connectivity index (χ2n) is 16.9. The van der Waals surface area contributed by atoms with Gasteiger partial charge in [0.25, 0.3) is 0 Å². The van der Waals surface area contributed by atoms with E-state index in [0.29, 0.717) is 19.4 Å². The van der Waals surface area contributed by atoms with Crippen molar-refractivity contribution < 1.29 is 28.9 Å². The molecule has 62 heavy (non-hydrogen) atoms. The lowest BCUT2D eigenvalue weighted by atomic mass is 9.95. The summed E-state index contributed by atoms with van der Waals surface area (Å²) in [5.74, 6) is 0. The summed E-state index contributed by atoms with van der Waals surface area (Å²) in [6, 6.07) is 18.4. The van der Waals surface area contributed by atoms with Crippen LogP contribution in [-0.4, -0.2) is 28.5 Å². The maximum absolute atomic E-state index is 12.8. The lowest BCUT2D eigenvalue weighted by Crippen LogP contribution is -2.04. The smallest absolute Gasteiger partial charge is 0.335 e. The lowest BCUT2D eigenvalue weighted by molar-refractivity contribution is 0.219. The second-order valence-corrected chi connectivity index (χ2v) is 19.0. The van der Waals surface area contributed by atoms with E-state index in [1.807, 2.05) is 38.1 Å².